The lowest BCUT2D eigenvalue weighted by molar-refractivity contribution is -0.125. The number of amides is 2. The summed E-state index contributed by atoms with van der Waals surface area (Å²) in [5.74, 6) is -0.106. The van der Waals surface area contributed by atoms with E-state index in [0.717, 1.165) is 6.42 Å². The van der Waals surface area contributed by atoms with E-state index in [-0.39, 0.29) is 17.9 Å². The van der Waals surface area contributed by atoms with Crippen molar-refractivity contribution in [2.45, 2.75) is 39.2 Å². The van der Waals surface area contributed by atoms with Crippen LogP contribution in [0.5, 0.6) is 0 Å². The zero-order valence-electron chi connectivity index (χ0n) is 11.5. The molecule has 0 saturated carbocycles. The van der Waals surface area contributed by atoms with Crippen molar-refractivity contribution >= 4 is 11.8 Å². The summed E-state index contributed by atoms with van der Waals surface area (Å²) in [4.78, 5) is 22.8. The highest BCUT2D eigenvalue weighted by Crippen LogP contribution is 2.11. The molecule has 0 aliphatic carbocycles. The van der Waals surface area contributed by atoms with Gasteiger partial charge in [0, 0.05) is 13.0 Å². The molecular formula is C15H20N2O2. The molecule has 0 aromatic heterocycles. The SMILES string of the molecule is Cc1ccc(CCNC(=O)C2CCC(=O)N2)c(C)c1. The van der Waals surface area contributed by atoms with Gasteiger partial charge in [-0.1, -0.05) is 23.8 Å². The summed E-state index contributed by atoms with van der Waals surface area (Å²) in [5, 5.41) is 5.55. The number of nitrogens with one attached hydrogen (secondary N) is 2. The Morgan fingerprint density at radius 1 is 1.42 bits per heavy atom. The van der Waals surface area contributed by atoms with Crippen LogP contribution in [0.1, 0.15) is 29.5 Å². The highest BCUT2D eigenvalue weighted by Gasteiger charge is 2.26. The van der Waals surface area contributed by atoms with Gasteiger partial charge in [-0.2, -0.15) is 0 Å². The van der Waals surface area contributed by atoms with E-state index in [0.29, 0.717) is 19.4 Å². The first-order valence-electron chi connectivity index (χ1n) is 6.69. The summed E-state index contributed by atoms with van der Waals surface area (Å²) >= 11 is 0. The van der Waals surface area contributed by atoms with Crippen molar-refractivity contribution in [3.8, 4) is 0 Å². The van der Waals surface area contributed by atoms with Gasteiger partial charge in [-0.05, 0) is 37.8 Å². The van der Waals surface area contributed by atoms with E-state index >= 15 is 0 Å². The number of hydrogen-bond acceptors (Lipinski definition) is 2. The van der Waals surface area contributed by atoms with Crippen molar-refractivity contribution < 1.29 is 9.59 Å². The quantitative estimate of drug-likeness (QED) is 0.855. The summed E-state index contributed by atoms with van der Waals surface area (Å²) < 4.78 is 0. The highest BCUT2D eigenvalue weighted by molar-refractivity contribution is 5.90. The maximum absolute atomic E-state index is 11.8. The van der Waals surface area contributed by atoms with Crippen LogP contribution in [0.3, 0.4) is 0 Å². The Bertz CT molecular complexity index is 497. The van der Waals surface area contributed by atoms with Gasteiger partial charge in [0.25, 0.3) is 0 Å². The molecule has 1 aromatic rings. The molecule has 1 fully saturated rings. The molecule has 0 bridgehead atoms. The van der Waals surface area contributed by atoms with E-state index in [4.69, 9.17) is 0 Å². The third-order valence-electron chi connectivity index (χ3n) is 3.50. The number of rotatable bonds is 4. The minimum Gasteiger partial charge on any atom is -0.354 e. The molecular weight excluding hydrogens is 240 g/mol. The fourth-order valence-electron chi connectivity index (χ4n) is 2.38. The monoisotopic (exact) mass is 260 g/mol. The first-order chi connectivity index (χ1) is 9.06. The van der Waals surface area contributed by atoms with Gasteiger partial charge in [0.2, 0.25) is 11.8 Å². The van der Waals surface area contributed by atoms with Gasteiger partial charge in [0.05, 0.1) is 0 Å². The lowest BCUT2D eigenvalue weighted by Crippen LogP contribution is -2.42. The van der Waals surface area contributed by atoms with Crippen molar-refractivity contribution in [3.05, 3.63) is 34.9 Å². The fraction of sp³-hybridized carbons (Fsp3) is 0.467. The summed E-state index contributed by atoms with van der Waals surface area (Å²) in [6.07, 6.45) is 1.88. The molecule has 1 aliphatic rings. The van der Waals surface area contributed by atoms with E-state index in [1.54, 1.807) is 0 Å². The number of carbonyl (C=O) groups excluding carboxylic acids is 2. The second-order valence-corrected chi connectivity index (χ2v) is 5.13. The molecule has 2 rings (SSSR count). The van der Waals surface area contributed by atoms with Gasteiger partial charge in [0.1, 0.15) is 6.04 Å². The van der Waals surface area contributed by atoms with Crippen molar-refractivity contribution in [2.75, 3.05) is 6.54 Å². The molecule has 102 valence electrons. The predicted octanol–water partition coefficient (Wildman–Crippen LogP) is 1.24. The minimum absolute atomic E-state index is 0.0328. The molecule has 1 saturated heterocycles. The van der Waals surface area contributed by atoms with E-state index in [9.17, 15) is 9.59 Å². The van der Waals surface area contributed by atoms with Crippen LogP contribution in [0.25, 0.3) is 0 Å². The largest absolute Gasteiger partial charge is 0.354 e. The summed E-state index contributed by atoms with van der Waals surface area (Å²) in [5.41, 5.74) is 3.75. The van der Waals surface area contributed by atoms with Crippen LogP contribution in [0, 0.1) is 13.8 Å². The fourth-order valence-corrected chi connectivity index (χ4v) is 2.38. The zero-order chi connectivity index (χ0) is 13.8. The van der Waals surface area contributed by atoms with E-state index in [1.165, 1.54) is 16.7 Å². The van der Waals surface area contributed by atoms with E-state index in [2.05, 4.69) is 42.7 Å². The Labute approximate surface area is 113 Å². The van der Waals surface area contributed by atoms with Gasteiger partial charge in [-0.25, -0.2) is 0 Å². The molecule has 1 heterocycles. The van der Waals surface area contributed by atoms with Crippen LogP contribution in [0.15, 0.2) is 18.2 Å². The molecule has 0 spiro atoms. The van der Waals surface area contributed by atoms with Crippen molar-refractivity contribution in [2.24, 2.45) is 0 Å². The van der Waals surface area contributed by atoms with E-state index in [1.807, 2.05) is 0 Å². The molecule has 1 aliphatic heterocycles. The van der Waals surface area contributed by atoms with E-state index < -0.39 is 0 Å². The summed E-state index contributed by atoms with van der Waals surface area (Å²) in [7, 11) is 0. The number of carbonyl (C=O) groups is 2. The number of benzene rings is 1. The molecule has 1 unspecified atom stereocenters. The average molecular weight is 260 g/mol. The zero-order valence-corrected chi connectivity index (χ0v) is 11.5. The molecule has 4 heteroatoms. The maximum Gasteiger partial charge on any atom is 0.242 e. The molecule has 4 nitrogen and oxygen atoms in total. The van der Waals surface area contributed by atoms with Crippen LogP contribution in [0.2, 0.25) is 0 Å². The molecule has 1 aromatic carbocycles. The van der Waals surface area contributed by atoms with Gasteiger partial charge in [0.15, 0.2) is 0 Å². The Morgan fingerprint density at radius 2 is 2.21 bits per heavy atom. The van der Waals surface area contributed by atoms with Gasteiger partial charge < -0.3 is 10.6 Å². The Hall–Kier alpha value is -1.84. The van der Waals surface area contributed by atoms with Gasteiger partial charge in [-0.15, -0.1) is 0 Å². The van der Waals surface area contributed by atoms with Crippen LogP contribution in [-0.4, -0.2) is 24.4 Å². The first-order valence-corrected chi connectivity index (χ1v) is 6.69. The predicted molar refractivity (Wildman–Crippen MR) is 73.8 cm³/mol. The number of hydrogen-bond donors (Lipinski definition) is 2. The molecule has 1 atom stereocenters. The van der Waals surface area contributed by atoms with Gasteiger partial charge >= 0.3 is 0 Å². The van der Waals surface area contributed by atoms with Crippen LogP contribution in [0.4, 0.5) is 0 Å². The highest BCUT2D eigenvalue weighted by atomic mass is 16.2. The Balaban J connectivity index is 1.80. The van der Waals surface area contributed by atoms with Crippen LogP contribution >= 0.6 is 0 Å². The summed E-state index contributed by atoms with van der Waals surface area (Å²) in [6, 6.07) is 6.00. The molecule has 2 N–H and O–H groups in total. The van der Waals surface area contributed by atoms with Gasteiger partial charge in [-0.3, -0.25) is 9.59 Å². The smallest absolute Gasteiger partial charge is 0.242 e. The van der Waals surface area contributed by atoms with Crippen molar-refractivity contribution in [1.82, 2.24) is 10.6 Å². The molecule has 19 heavy (non-hydrogen) atoms. The first kappa shape index (κ1) is 13.6. The lowest BCUT2D eigenvalue weighted by Gasteiger charge is -2.12. The lowest BCUT2D eigenvalue weighted by atomic mass is 10.0. The third-order valence-corrected chi connectivity index (χ3v) is 3.50. The average Bonchev–Trinajstić information content (AvgIpc) is 2.78. The molecule has 0 radical (unpaired) electrons. The normalized spacial score (nSPS) is 18.2. The summed E-state index contributed by atoms with van der Waals surface area (Å²) in [6.45, 7) is 4.76. The second-order valence-electron chi connectivity index (χ2n) is 5.13. The van der Waals surface area contributed by atoms with Crippen molar-refractivity contribution in [3.63, 3.8) is 0 Å². The maximum atomic E-state index is 11.8. The topological polar surface area (TPSA) is 58.2 Å². The molecule has 2 amide bonds. The standard InChI is InChI=1S/C15H20N2O2/c1-10-3-4-12(11(2)9-10)7-8-16-15(19)13-5-6-14(18)17-13/h3-4,9,13H,5-8H2,1-2H3,(H,16,19)(H,17,18). The van der Waals surface area contributed by atoms with Crippen molar-refractivity contribution in [1.29, 1.82) is 0 Å². The minimum atomic E-state index is -0.341. The Kier molecular flexibility index (Phi) is 4.20. The second kappa shape index (κ2) is 5.87. The Morgan fingerprint density at radius 3 is 2.84 bits per heavy atom. The van der Waals surface area contributed by atoms with Crippen LogP contribution in [-0.2, 0) is 16.0 Å². The number of aryl methyl sites for hydroxylation is 2. The third kappa shape index (κ3) is 3.56. The van der Waals surface area contributed by atoms with Crippen LogP contribution < -0.4 is 10.6 Å².